The quantitative estimate of drug-likeness (QED) is 0.350. The van der Waals surface area contributed by atoms with Gasteiger partial charge < -0.3 is 15.6 Å². The molecule has 84 valence electrons. The topological polar surface area (TPSA) is 94.3 Å². The Morgan fingerprint density at radius 3 is 2.50 bits per heavy atom. The standard InChI is InChI=1S/C9H6O2.CH5N3S/c10-8-5-6-11-9-4-2-1-3-7(8)9;2-1(5)4-3/h1-6H;3H2,(H3,2,4,5). The number of para-hydroxylation sites is 1. The molecule has 0 saturated heterocycles. The average molecular weight is 237 g/mol. The maximum atomic E-state index is 11.1. The maximum Gasteiger partial charge on any atom is 0.192 e. The van der Waals surface area contributed by atoms with Crippen molar-refractivity contribution < 1.29 is 4.42 Å². The van der Waals surface area contributed by atoms with Gasteiger partial charge in [-0.1, -0.05) is 12.1 Å². The summed E-state index contributed by atoms with van der Waals surface area (Å²) >= 11 is 4.24. The SMILES string of the molecule is NNC(N)=S.O=c1ccoc2ccccc12. The van der Waals surface area contributed by atoms with E-state index in [1.165, 1.54) is 12.3 Å². The van der Waals surface area contributed by atoms with Gasteiger partial charge in [-0.2, -0.15) is 0 Å². The number of nitrogens with one attached hydrogen (secondary N) is 1. The zero-order chi connectivity index (χ0) is 12.0. The third-order valence-corrected chi connectivity index (χ3v) is 1.83. The number of hydrogen-bond donors (Lipinski definition) is 3. The van der Waals surface area contributed by atoms with Crippen LogP contribution in [0.3, 0.4) is 0 Å². The molecule has 6 heteroatoms. The summed E-state index contributed by atoms with van der Waals surface area (Å²) < 4.78 is 5.09. The summed E-state index contributed by atoms with van der Waals surface area (Å²) in [5.74, 6) is 4.66. The van der Waals surface area contributed by atoms with Gasteiger partial charge in [-0.25, -0.2) is 5.84 Å². The first-order valence-electron chi connectivity index (χ1n) is 4.37. The fourth-order valence-corrected chi connectivity index (χ4v) is 1.03. The van der Waals surface area contributed by atoms with E-state index in [0.29, 0.717) is 11.0 Å². The molecule has 0 fully saturated rings. The molecule has 2 rings (SSSR count). The maximum absolute atomic E-state index is 11.1. The number of rotatable bonds is 0. The molecule has 0 atom stereocenters. The van der Waals surface area contributed by atoms with Crippen molar-refractivity contribution in [2.75, 3.05) is 0 Å². The first-order chi connectivity index (χ1) is 7.65. The second-order valence-corrected chi connectivity index (χ2v) is 3.23. The molecule has 5 nitrogen and oxygen atoms in total. The summed E-state index contributed by atoms with van der Waals surface area (Å²) in [6, 6.07) is 8.60. The zero-order valence-electron chi connectivity index (χ0n) is 8.34. The van der Waals surface area contributed by atoms with Crippen LogP contribution in [0.4, 0.5) is 0 Å². The second kappa shape index (κ2) is 5.84. The number of benzene rings is 1. The Labute approximate surface area is 97.0 Å². The van der Waals surface area contributed by atoms with E-state index in [0.717, 1.165) is 0 Å². The van der Waals surface area contributed by atoms with Crippen molar-refractivity contribution in [1.82, 2.24) is 5.43 Å². The zero-order valence-corrected chi connectivity index (χ0v) is 9.16. The molecule has 0 amide bonds. The fraction of sp³-hybridized carbons (Fsp3) is 0. The van der Waals surface area contributed by atoms with Crippen molar-refractivity contribution in [2.24, 2.45) is 11.6 Å². The molecule has 0 unspecified atom stereocenters. The van der Waals surface area contributed by atoms with E-state index in [2.05, 4.69) is 18.1 Å². The van der Waals surface area contributed by atoms with Gasteiger partial charge in [0, 0.05) is 6.07 Å². The predicted octanol–water partition coefficient (Wildman–Crippen LogP) is 0.486. The molecule has 0 aliphatic heterocycles. The third-order valence-electron chi connectivity index (χ3n) is 1.71. The highest BCUT2D eigenvalue weighted by Crippen LogP contribution is 2.06. The van der Waals surface area contributed by atoms with Gasteiger partial charge in [-0.15, -0.1) is 0 Å². The number of hydrazine groups is 1. The first-order valence-corrected chi connectivity index (χ1v) is 4.78. The van der Waals surface area contributed by atoms with E-state index in [4.69, 9.17) is 10.2 Å². The average Bonchev–Trinajstić information content (AvgIpc) is 2.30. The lowest BCUT2D eigenvalue weighted by Gasteiger charge is -1.91. The molecular formula is C10H11N3O2S. The van der Waals surface area contributed by atoms with Crippen LogP contribution in [0.1, 0.15) is 0 Å². The number of hydrogen-bond acceptors (Lipinski definition) is 4. The van der Waals surface area contributed by atoms with Crippen molar-refractivity contribution in [3.8, 4) is 0 Å². The van der Waals surface area contributed by atoms with Crippen LogP contribution in [-0.4, -0.2) is 5.11 Å². The Morgan fingerprint density at radius 2 is 1.94 bits per heavy atom. The van der Waals surface area contributed by atoms with Crippen molar-refractivity contribution in [1.29, 1.82) is 0 Å². The minimum absolute atomic E-state index is 0.00634. The Balaban J connectivity index is 0.000000221. The van der Waals surface area contributed by atoms with Crippen LogP contribution in [0.5, 0.6) is 0 Å². The first kappa shape index (κ1) is 12.2. The lowest BCUT2D eigenvalue weighted by molar-refractivity contribution is 0.602. The molecule has 5 N–H and O–H groups in total. The van der Waals surface area contributed by atoms with Crippen molar-refractivity contribution in [3.05, 3.63) is 46.8 Å². The van der Waals surface area contributed by atoms with Gasteiger partial charge in [0.25, 0.3) is 0 Å². The lowest BCUT2D eigenvalue weighted by Crippen LogP contribution is -2.34. The summed E-state index contributed by atoms with van der Waals surface area (Å²) in [6.07, 6.45) is 1.41. The molecule has 1 aromatic heterocycles. The number of fused-ring (bicyclic) bond motifs is 1. The molecule has 2 aromatic rings. The minimum atomic E-state index is 0.00634. The van der Waals surface area contributed by atoms with Gasteiger partial charge in [-0.05, 0) is 24.4 Å². The van der Waals surface area contributed by atoms with Gasteiger partial charge in [0.1, 0.15) is 5.58 Å². The van der Waals surface area contributed by atoms with E-state index in [1.54, 1.807) is 12.1 Å². The van der Waals surface area contributed by atoms with E-state index >= 15 is 0 Å². The highest BCUT2D eigenvalue weighted by atomic mass is 32.1. The summed E-state index contributed by atoms with van der Waals surface area (Å²) in [7, 11) is 0. The number of thiocarbonyl (C=S) groups is 1. The van der Waals surface area contributed by atoms with Crippen LogP contribution in [0.2, 0.25) is 0 Å². The van der Waals surface area contributed by atoms with E-state index in [-0.39, 0.29) is 10.5 Å². The molecule has 0 aliphatic rings. The molecule has 0 bridgehead atoms. The van der Waals surface area contributed by atoms with Crippen molar-refractivity contribution in [3.63, 3.8) is 0 Å². The molecular weight excluding hydrogens is 226 g/mol. The second-order valence-electron chi connectivity index (χ2n) is 2.79. The molecule has 1 aromatic carbocycles. The molecule has 0 radical (unpaired) electrons. The molecule has 0 aliphatic carbocycles. The van der Waals surface area contributed by atoms with Gasteiger partial charge in [0.05, 0.1) is 11.6 Å². The smallest absolute Gasteiger partial charge is 0.192 e. The van der Waals surface area contributed by atoms with Crippen LogP contribution < -0.4 is 22.4 Å². The summed E-state index contributed by atoms with van der Waals surface area (Å²) in [5.41, 5.74) is 7.47. The monoisotopic (exact) mass is 237 g/mol. The summed E-state index contributed by atoms with van der Waals surface area (Å²) in [6.45, 7) is 0. The van der Waals surface area contributed by atoms with Gasteiger partial charge in [0.15, 0.2) is 10.5 Å². The largest absolute Gasteiger partial charge is 0.464 e. The third kappa shape index (κ3) is 3.34. The van der Waals surface area contributed by atoms with E-state index < -0.39 is 0 Å². The van der Waals surface area contributed by atoms with Crippen LogP contribution in [0, 0.1) is 0 Å². The molecule has 16 heavy (non-hydrogen) atoms. The Kier molecular flexibility index (Phi) is 4.43. The highest BCUT2D eigenvalue weighted by molar-refractivity contribution is 7.80. The lowest BCUT2D eigenvalue weighted by atomic mass is 10.2. The van der Waals surface area contributed by atoms with Crippen molar-refractivity contribution in [2.45, 2.75) is 0 Å². The highest BCUT2D eigenvalue weighted by Gasteiger charge is 1.95. The number of nitrogens with two attached hydrogens (primary N) is 2. The van der Waals surface area contributed by atoms with Crippen LogP contribution in [-0.2, 0) is 0 Å². The van der Waals surface area contributed by atoms with Gasteiger partial charge in [0.2, 0.25) is 0 Å². The predicted molar refractivity (Wildman–Crippen MR) is 66.6 cm³/mol. The Bertz CT molecular complexity index is 533. The minimum Gasteiger partial charge on any atom is -0.464 e. The van der Waals surface area contributed by atoms with Crippen LogP contribution >= 0.6 is 12.2 Å². The normalized spacial score (nSPS) is 9.06. The Hall–Kier alpha value is -1.92. The molecule has 0 saturated carbocycles. The Morgan fingerprint density at radius 1 is 1.31 bits per heavy atom. The molecule has 1 heterocycles. The van der Waals surface area contributed by atoms with Crippen LogP contribution in [0.15, 0.2) is 45.8 Å². The molecule has 0 spiro atoms. The fourth-order valence-electron chi connectivity index (χ4n) is 1.03. The van der Waals surface area contributed by atoms with E-state index in [1.807, 2.05) is 17.6 Å². The van der Waals surface area contributed by atoms with E-state index in [9.17, 15) is 4.79 Å². The van der Waals surface area contributed by atoms with Crippen LogP contribution in [0.25, 0.3) is 11.0 Å². The van der Waals surface area contributed by atoms with Gasteiger partial charge >= 0.3 is 0 Å². The van der Waals surface area contributed by atoms with Gasteiger partial charge in [-0.3, -0.25) is 4.79 Å². The summed E-state index contributed by atoms with van der Waals surface area (Å²) in [5, 5.41) is 0.750. The summed E-state index contributed by atoms with van der Waals surface area (Å²) in [4.78, 5) is 11.1. The van der Waals surface area contributed by atoms with Crippen molar-refractivity contribution >= 4 is 28.3 Å².